The molecule has 0 aliphatic carbocycles. The summed E-state index contributed by atoms with van der Waals surface area (Å²) >= 11 is 0. The van der Waals surface area contributed by atoms with E-state index in [0.717, 1.165) is 18.7 Å². The molecule has 1 atom stereocenters. The SMILES string of the molecule is Cc1c(C(NC(=O)Nc2cncc(C(=O)N3CCNCC3)c2)C(C)C)oc2ccc(F)cc12. The number of piperazine rings is 1. The van der Waals surface area contributed by atoms with Crippen LogP contribution in [-0.2, 0) is 0 Å². The van der Waals surface area contributed by atoms with Gasteiger partial charge < -0.3 is 25.3 Å². The van der Waals surface area contributed by atoms with E-state index in [0.29, 0.717) is 41.1 Å². The molecule has 1 unspecified atom stereocenters. The van der Waals surface area contributed by atoms with Crippen molar-refractivity contribution in [2.45, 2.75) is 26.8 Å². The normalized spacial score (nSPS) is 15.0. The predicted molar refractivity (Wildman–Crippen MR) is 124 cm³/mol. The van der Waals surface area contributed by atoms with Crippen molar-refractivity contribution in [3.63, 3.8) is 0 Å². The molecule has 1 saturated heterocycles. The molecule has 1 aliphatic heterocycles. The van der Waals surface area contributed by atoms with Gasteiger partial charge in [0.25, 0.3) is 5.91 Å². The van der Waals surface area contributed by atoms with Crippen LogP contribution in [0.3, 0.4) is 0 Å². The highest BCUT2D eigenvalue weighted by Crippen LogP contribution is 2.33. The summed E-state index contributed by atoms with van der Waals surface area (Å²) in [7, 11) is 0. The number of halogens is 1. The number of nitrogens with one attached hydrogen (secondary N) is 3. The van der Waals surface area contributed by atoms with E-state index < -0.39 is 12.1 Å². The van der Waals surface area contributed by atoms with Crippen LogP contribution in [0.1, 0.15) is 41.6 Å². The summed E-state index contributed by atoms with van der Waals surface area (Å²) in [6.45, 7) is 8.55. The fourth-order valence-corrected chi connectivity index (χ4v) is 4.03. The van der Waals surface area contributed by atoms with Crippen LogP contribution in [0.15, 0.2) is 41.1 Å². The quantitative estimate of drug-likeness (QED) is 0.545. The molecule has 4 rings (SSSR count). The maximum atomic E-state index is 13.7. The molecule has 8 nitrogen and oxygen atoms in total. The second kappa shape index (κ2) is 9.58. The lowest BCUT2D eigenvalue weighted by atomic mass is 9.98. The Morgan fingerprint density at radius 1 is 1.18 bits per heavy atom. The number of carbonyl (C=O) groups excluding carboxylic acids is 2. The van der Waals surface area contributed by atoms with Crippen molar-refractivity contribution in [3.05, 3.63) is 59.4 Å². The first-order valence-electron chi connectivity index (χ1n) is 11.0. The molecule has 0 spiro atoms. The minimum atomic E-state index is -0.451. The molecule has 0 radical (unpaired) electrons. The van der Waals surface area contributed by atoms with Crippen LogP contribution in [0, 0.1) is 18.7 Å². The number of nitrogens with zero attached hydrogens (tertiary/aromatic N) is 2. The zero-order valence-corrected chi connectivity index (χ0v) is 18.9. The molecule has 3 heterocycles. The molecule has 3 N–H and O–H groups in total. The molecule has 33 heavy (non-hydrogen) atoms. The van der Waals surface area contributed by atoms with Gasteiger partial charge >= 0.3 is 6.03 Å². The van der Waals surface area contributed by atoms with Gasteiger partial charge in [0, 0.05) is 43.3 Å². The highest BCUT2D eigenvalue weighted by molar-refractivity contribution is 5.96. The van der Waals surface area contributed by atoms with Gasteiger partial charge in [0.1, 0.15) is 17.2 Å². The van der Waals surface area contributed by atoms with Crippen molar-refractivity contribution >= 4 is 28.6 Å². The second-order valence-corrected chi connectivity index (χ2v) is 8.56. The van der Waals surface area contributed by atoms with Gasteiger partial charge in [-0.3, -0.25) is 9.78 Å². The van der Waals surface area contributed by atoms with Crippen molar-refractivity contribution in [1.29, 1.82) is 0 Å². The van der Waals surface area contributed by atoms with Crippen LogP contribution in [0.4, 0.5) is 14.9 Å². The van der Waals surface area contributed by atoms with Crippen molar-refractivity contribution in [3.8, 4) is 0 Å². The van der Waals surface area contributed by atoms with Gasteiger partial charge in [-0.15, -0.1) is 0 Å². The Morgan fingerprint density at radius 2 is 1.94 bits per heavy atom. The molecule has 9 heteroatoms. The third kappa shape index (κ3) is 4.98. The lowest BCUT2D eigenvalue weighted by molar-refractivity contribution is 0.0735. The van der Waals surface area contributed by atoms with E-state index in [1.54, 1.807) is 17.0 Å². The summed E-state index contributed by atoms with van der Waals surface area (Å²) in [5.41, 5.74) is 2.19. The lowest BCUT2D eigenvalue weighted by Crippen LogP contribution is -2.46. The summed E-state index contributed by atoms with van der Waals surface area (Å²) in [5.74, 6) is 0.144. The minimum Gasteiger partial charge on any atom is -0.459 e. The topological polar surface area (TPSA) is 99.5 Å². The monoisotopic (exact) mass is 453 g/mol. The molecule has 3 aromatic rings. The number of fused-ring (bicyclic) bond motifs is 1. The fraction of sp³-hybridized carbons (Fsp3) is 0.375. The zero-order chi connectivity index (χ0) is 23.5. The zero-order valence-electron chi connectivity index (χ0n) is 18.9. The number of hydrogen-bond donors (Lipinski definition) is 3. The van der Waals surface area contributed by atoms with E-state index in [1.807, 2.05) is 20.8 Å². The molecular weight excluding hydrogens is 425 g/mol. The number of hydrogen-bond acceptors (Lipinski definition) is 5. The van der Waals surface area contributed by atoms with E-state index in [4.69, 9.17) is 4.42 Å². The molecule has 1 fully saturated rings. The molecule has 1 aromatic carbocycles. The first kappa shape index (κ1) is 22.7. The number of urea groups is 1. The lowest BCUT2D eigenvalue weighted by Gasteiger charge is -2.27. The molecule has 1 aliphatic rings. The Morgan fingerprint density at radius 3 is 2.67 bits per heavy atom. The summed E-state index contributed by atoms with van der Waals surface area (Å²) < 4.78 is 19.7. The van der Waals surface area contributed by atoms with Crippen molar-refractivity contribution in [2.24, 2.45) is 5.92 Å². The summed E-state index contributed by atoms with van der Waals surface area (Å²) in [6, 6.07) is 5.11. The van der Waals surface area contributed by atoms with E-state index in [9.17, 15) is 14.0 Å². The van der Waals surface area contributed by atoms with Crippen LogP contribution in [0.2, 0.25) is 0 Å². The number of amides is 3. The van der Waals surface area contributed by atoms with E-state index in [-0.39, 0.29) is 17.6 Å². The van der Waals surface area contributed by atoms with Gasteiger partial charge in [-0.05, 0) is 37.1 Å². The van der Waals surface area contributed by atoms with Crippen molar-refractivity contribution < 1.29 is 18.4 Å². The number of carbonyl (C=O) groups is 2. The minimum absolute atomic E-state index is 0.0126. The second-order valence-electron chi connectivity index (χ2n) is 8.56. The number of benzene rings is 1. The number of pyridine rings is 1. The largest absolute Gasteiger partial charge is 0.459 e. The van der Waals surface area contributed by atoms with Crippen LogP contribution in [0.5, 0.6) is 0 Å². The molecule has 2 aromatic heterocycles. The first-order chi connectivity index (χ1) is 15.8. The third-order valence-corrected chi connectivity index (χ3v) is 5.82. The van der Waals surface area contributed by atoms with Crippen LogP contribution < -0.4 is 16.0 Å². The van der Waals surface area contributed by atoms with Gasteiger partial charge in [0.15, 0.2) is 0 Å². The third-order valence-electron chi connectivity index (χ3n) is 5.82. The van der Waals surface area contributed by atoms with Gasteiger partial charge in [-0.2, -0.15) is 0 Å². The Kier molecular flexibility index (Phi) is 6.60. The standard InChI is InChI=1S/C24H28FN5O3/c1-14(2)21(22-15(3)19-11-17(25)4-5-20(19)33-22)29-24(32)28-18-10-16(12-27-13-18)23(31)30-8-6-26-7-9-30/h4-5,10-14,21,26H,6-9H2,1-3H3,(H2,28,29,32). The predicted octanol–water partition coefficient (Wildman–Crippen LogP) is 3.84. The number of rotatable bonds is 5. The fourth-order valence-electron chi connectivity index (χ4n) is 4.03. The van der Waals surface area contributed by atoms with Crippen LogP contribution in [-0.4, -0.2) is 48.0 Å². The Bertz CT molecular complexity index is 1170. The Hall–Kier alpha value is -3.46. The maximum absolute atomic E-state index is 13.7. The molecular formula is C24H28FN5O3. The smallest absolute Gasteiger partial charge is 0.319 e. The summed E-state index contributed by atoms with van der Waals surface area (Å²) in [6.07, 6.45) is 3.00. The number of aryl methyl sites for hydroxylation is 1. The van der Waals surface area contributed by atoms with Crippen molar-refractivity contribution in [1.82, 2.24) is 20.5 Å². The molecule has 3 amide bonds. The Balaban J connectivity index is 1.49. The van der Waals surface area contributed by atoms with Gasteiger partial charge in [-0.1, -0.05) is 13.8 Å². The number of aromatic nitrogens is 1. The molecule has 0 bridgehead atoms. The molecule has 0 saturated carbocycles. The average molecular weight is 454 g/mol. The van der Waals surface area contributed by atoms with E-state index >= 15 is 0 Å². The van der Waals surface area contributed by atoms with E-state index in [1.165, 1.54) is 24.5 Å². The average Bonchev–Trinajstić information content (AvgIpc) is 3.13. The highest BCUT2D eigenvalue weighted by atomic mass is 19.1. The van der Waals surface area contributed by atoms with Gasteiger partial charge in [-0.25, -0.2) is 9.18 Å². The van der Waals surface area contributed by atoms with E-state index in [2.05, 4.69) is 20.9 Å². The molecule has 174 valence electrons. The van der Waals surface area contributed by atoms with Gasteiger partial charge in [0.05, 0.1) is 23.5 Å². The number of furan rings is 1. The maximum Gasteiger partial charge on any atom is 0.319 e. The Labute approximate surface area is 191 Å². The highest BCUT2D eigenvalue weighted by Gasteiger charge is 2.26. The summed E-state index contributed by atoms with van der Waals surface area (Å²) in [5, 5.41) is 9.60. The van der Waals surface area contributed by atoms with Crippen LogP contribution in [0.25, 0.3) is 11.0 Å². The van der Waals surface area contributed by atoms with Crippen LogP contribution >= 0.6 is 0 Å². The van der Waals surface area contributed by atoms with Crippen molar-refractivity contribution in [2.75, 3.05) is 31.5 Å². The number of anilines is 1. The first-order valence-corrected chi connectivity index (χ1v) is 11.0. The summed E-state index contributed by atoms with van der Waals surface area (Å²) in [4.78, 5) is 31.4. The van der Waals surface area contributed by atoms with Gasteiger partial charge in [0.2, 0.25) is 0 Å².